The van der Waals surface area contributed by atoms with Gasteiger partial charge in [-0.2, -0.15) is 0 Å². The highest BCUT2D eigenvalue weighted by molar-refractivity contribution is 9.10. The van der Waals surface area contributed by atoms with Crippen LogP contribution in [0.4, 0.5) is 4.39 Å². The van der Waals surface area contributed by atoms with Gasteiger partial charge in [0.05, 0.1) is 6.61 Å². The third kappa shape index (κ3) is 5.39. The lowest BCUT2D eigenvalue weighted by Gasteiger charge is -2.28. The Bertz CT molecular complexity index is 767. The Morgan fingerprint density at radius 1 is 1.19 bits per heavy atom. The van der Waals surface area contributed by atoms with Gasteiger partial charge in [-0.1, -0.05) is 73.4 Å². The van der Waals surface area contributed by atoms with Crippen molar-refractivity contribution in [1.29, 1.82) is 0 Å². The van der Waals surface area contributed by atoms with E-state index in [1.165, 1.54) is 18.2 Å². The van der Waals surface area contributed by atoms with Gasteiger partial charge in [-0.05, 0) is 40.3 Å². The minimum absolute atomic E-state index is 0.207. The molecule has 6 heteroatoms. The van der Waals surface area contributed by atoms with E-state index in [9.17, 15) is 9.50 Å². The molecule has 2 aromatic rings. The molecule has 0 fully saturated rings. The third-order valence-corrected chi connectivity index (χ3v) is 7.91. The van der Waals surface area contributed by atoms with Crippen molar-refractivity contribution in [3.05, 3.63) is 68.4 Å². The van der Waals surface area contributed by atoms with Crippen LogP contribution in [0.25, 0.3) is 0 Å². The Balaban J connectivity index is 2.09. The van der Waals surface area contributed by atoms with Gasteiger partial charge in [-0.15, -0.1) is 0 Å². The lowest BCUT2D eigenvalue weighted by atomic mass is 9.99. The van der Waals surface area contributed by atoms with Gasteiger partial charge >= 0.3 is 0 Å². The predicted molar refractivity (Wildman–Crippen MR) is 112 cm³/mol. The fourth-order valence-electron chi connectivity index (χ4n) is 2.37. The number of rotatable bonds is 7. The van der Waals surface area contributed by atoms with Gasteiger partial charge in [0, 0.05) is 15.1 Å². The number of halogens is 3. The van der Waals surface area contributed by atoms with Crippen molar-refractivity contribution in [2.24, 2.45) is 5.92 Å². The van der Waals surface area contributed by atoms with Gasteiger partial charge in [0.15, 0.2) is 9.76 Å². The van der Waals surface area contributed by atoms with Crippen molar-refractivity contribution in [3.8, 4) is 0 Å². The van der Waals surface area contributed by atoms with Crippen molar-refractivity contribution in [2.45, 2.75) is 45.4 Å². The van der Waals surface area contributed by atoms with Crippen LogP contribution in [-0.2, 0) is 11.0 Å². The normalized spacial score (nSPS) is 13.7. The van der Waals surface area contributed by atoms with Crippen LogP contribution in [0.1, 0.15) is 50.5 Å². The summed E-state index contributed by atoms with van der Waals surface area (Å²) in [5, 5.41) is 11.1. The molecule has 0 radical (unpaired) electrons. The summed E-state index contributed by atoms with van der Waals surface area (Å²) in [5.74, 6) is 0.171. The van der Waals surface area contributed by atoms with E-state index in [-0.39, 0.29) is 10.1 Å². The first-order valence-electron chi connectivity index (χ1n) is 8.61. The maximum Gasteiger partial charge on any atom is 0.167 e. The van der Waals surface area contributed by atoms with Gasteiger partial charge in [0.1, 0.15) is 11.9 Å². The molecule has 1 unspecified atom stereocenters. The fraction of sp³-hybridized carbons (Fsp3) is 0.400. The minimum atomic E-state index is -0.929. The zero-order valence-corrected chi connectivity index (χ0v) is 19.3. The molecule has 0 aliphatic carbocycles. The lowest BCUT2D eigenvalue weighted by Crippen LogP contribution is -2.22. The van der Waals surface area contributed by atoms with Crippen LogP contribution in [0, 0.1) is 11.7 Å². The van der Waals surface area contributed by atoms with Crippen LogP contribution in [0.15, 0.2) is 40.9 Å². The monoisotopic (exact) mass is 458 g/mol. The first-order valence-corrected chi connectivity index (χ1v) is 11.1. The van der Waals surface area contributed by atoms with E-state index in [0.717, 1.165) is 10.0 Å². The van der Waals surface area contributed by atoms with Crippen LogP contribution in [-0.4, -0.2) is 14.9 Å². The van der Waals surface area contributed by atoms with Crippen LogP contribution in [0.3, 0.4) is 0 Å². The molecule has 1 N–H and O–H groups in total. The minimum Gasteiger partial charge on any atom is -0.419 e. The maximum absolute atomic E-state index is 13.2. The standard InChI is InChI=1S/C20H25BrClFO2Si/c1-12(2)20(3,4)26-25-11-13-5-7-15(17(21)9-13)19(24)16-8-6-14(23)10-18(16)22/h5-10,12,19,24H,11,26H2,1-4H3. The molecule has 0 saturated carbocycles. The molecule has 0 heterocycles. The van der Waals surface area contributed by atoms with Crippen molar-refractivity contribution < 1.29 is 13.9 Å². The summed E-state index contributed by atoms with van der Waals surface area (Å²) in [6.07, 6.45) is -0.929. The Labute approximate surface area is 170 Å². The largest absolute Gasteiger partial charge is 0.419 e. The Morgan fingerprint density at radius 2 is 1.85 bits per heavy atom. The molecule has 0 spiro atoms. The highest BCUT2D eigenvalue weighted by atomic mass is 79.9. The molecule has 2 rings (SSSR count). The van der Waals surface area contributed by atoms with Crippen molar-refractivity contribution in [3.63, 3.8) is 0 Å². The summed E-state index contributed by atoms with van der Waals surface area (Å²) in [6.45, 7) is 9.53. The van der Waals surface area contributed by atoms with E-state index >= 15 is 0 Å². The van der Waals surface area contributed by atoms with Gasteiger partial charge in [0.2, 0.25) is 0 Å². The third-order valence-electron chi connectivity index (χ3n) is 4.92. The average Bonchev–Trinajstić information content (AvgIpc) is 2.54. The Kier molecular flexibility index (Phi) is 7.45. The number of hydrogen-bond acceptors (Lipinski definition) is 2. The van der Waals surface area contributed by atoms with Gasteiger partial charge < -0.3 is 9.53 Å². The predicted octanol–water partition coefficient (Wildman–Crippen LogP) is 5.78. The Morgan fingerprint density at radius 3 is 2.42 bits per heavy atom. The second kappa shape index (κ2) is 8.98. The van der Waals surface area contributed by atoms with Crippen LogP contribution in [0.5, 0.6) is 0 Å². The van der Waals surface area contributed by atoms with Gasteiger partial charge in [-0.3, -0.25) is 0 Å². The molecule has 0 amide bonds. The molecular formula is C20H25BrClFO2Si. The number of hydrogen-bond donors (Lipinski definition) is 1. The van der Waals surface area contributed by atoms with E-state index in [0.29, 0.717) is 23.7 Å². The number of aliphatic hydroxyl groups is 1. The highest BCUT2D eigenvalue weighted by Crippen LogP contribution is 2.35. The second-order valence-electron chi connectivity index (χ2n) is 7.56. The number of aliphatic hydroxyl groups excluding tert-OH is 1. The summed E-state index contributed by atoms with van der Waals surface area (Å²) in [5.41, 5.74) is 2.20. The maximum atomic E-state index is 13.2. The fourth-order valence-corrected chi connectivity index (χ4v) is 4.48. The number of benzene rings is 2. The zero-order chi connectivity index (χ0) is 19.5. The summed E-state index contributed by atoms with van der Waals surface area (Å²) in [6, 6.07) is 9.75. The van der Waals surface area contributed by atoms with Crippen molar-refractivity contribution in [1.82, 2.24) is 0 Å². The molecule has 0 saturated heterocycles. The molecular weight excluding hydrogens is 435 g/mol. The van der Waals surface area contributed by atoms with Crippen LogP contribution in [0.2, 0.25) is 10.1 Å². The molecule has 2 nitrogen and oxygen atoms in total. The molecule has 0 aliphatic rings. The average molecular weight is 460 g/mol. The summed E-state index contributed by atoms with van der Waals surface area (Å²) in [4.78, 5) is 0. The molecule has 1 atom stereocenters. The summed E-state index contributed by atoms with van der Waals surface area (Å²) >= 11 is 9.58. The summed E-state index contributed by atoms with van der Waals surface area (Å²) in [7, 11) is -0.658. The SMILES string of the molecule is CC(C)C(C)(C)[SiH2]OCc1ccc(C(O)c2ccc(F)cc2Cl)c(Br)c1. The molecule has 142 valence electrons. The smallest absolute Gasteiger partial charge is 0.167 e. The van der Waals surface area contributed by atoms with E-state index < -0.39 is 21.7 Å². The lowest BCUT2D eigenvalue weighted by molar-refractivity contribution is 0.219. The molecule has 0 aliphatic heterocycles. The van der Waals surface area contributed by atoms with Gasteiger partial charge in [0.25, 0.3) is 0 Å². The second-order valence-corrected chi connectivity index (χ2v) is 11.3. The van der Waals surface area contributed by atoms with Crippen molar-refractivity contribution in [2.75, 3.05) is 0 Å². The molecule has 0 bridgehead atoms. The Hall–Kier alpha value is -0.723. The van der Waals surface area contributed by atoms with Crippen LogP contribution < -0.4 is 0 Å². The van der Waals surface area contributed by atoms with Gasteiger partial charge in [-0.25, -0.2) is 4.39 Å². The van der Waals surface area contributed by atoms with E-state index in [1.54, 1.807) is 0 Å². The molecule has 0 aromatic heterocycles. The molecule has 26 heavy (non-hydrogen) atoms. The first-order chi connectivity index (χ1) is 12.1. The topological polar surface area (TPSA) is 29.5 Å². The zero-order valence-electron chi connectivity index (χ0n) is 15.5. The molecule has 2 aromatic carbocycles. The quantitative estimate of drug-likeness (QED) is 0.532. The van der Waals surface area contributed by atoms with E-state index in [4.69, 9.17) is 16.0 Å². The van der Waals surface area contributed by atoms with Crippen LogP contribution >= 0.6 is 27.5 Å². The van der Waals surface area contributed by atoms with Crippen molar-refractivity contribution >= 4 is 37.3 Å². The highest BCUT2D eigenvalue weighted by Gasteiger charge is 2.23. The van der Waals surface area contributed by atoms with E-state index in [1.807, 2.05) is 18.2 Å². The summed E-state index contributed by atoms with van der Waals surface area (Å²) < 4.78 is 20.0. The first kappa shape index (κ1) is 21.6. The van der Waals surface area contributed by atoms with E-state index in [2.05, 4.69) is 43.6 Å².